The third-order valence-corrected chi connectivity index (χ3v) is 5.17. The molecule has 8 heteroatoms. The average molecular weight is 368 g/mol. The van der Waals surface area contributed by atoms with Gasteiger partial charge in [-0.25, -0.2) is 4.98 Å². The second-order valence-corrected chi connectivity index (χ2v) is 6.93. The molecule has 1 fully saturated rings. The Bertz CT molecular complexity index is 941. The molecule has 0 aliphatic heterocycles. The zero-order valence-electron chi connectivity index (χ0n) is 15.3. The van der Waals surface area contributed by atoms with Crippen LogP contribution in [-0.4, -0.2) is 44.6 Å². The number of benzene rings is 1. The summed E-state index contributed by atoms with van der Waals surface area (Å²) in [6.45, 7) is 0.728. The Kier molecular flexibility index (Phi) is 4.81. The highest BCUT2D eigenvalue weighted by Crippen LogP contribution is 2.30. The molecule has 8 nitrogen and oxygen atoms in total. The SMILES string of the molecule is COc1ccccc1Cn1cc2nc(N)nc(N[C@@H]3CCC[C@H]3CO)c2n1. The number of methoxy groups -OCH3 is 1. The summed E-state index contributed by atoms with van der Waals surface area (Å²) in [6.07, 6.45) is 4.97. The maximum Gasteiger partial charge on any atom is 0.222 e. The van der Waals surface area contributed by atoms with Gasteiger partial charge in [0, 0.05) is 24.1 Å². The van der Waals surface area contributed by atoms with Gasteiger partial charge in [-0.3, -0.25) is 4.68 Å². The van der Waals surface area contributed by atoms with E-state index in [9.17, 15) is 5.11 Å². The highest BCUT2D eigenvalue weighted by Gasteiger charge is 2.27. The van der Waals surface area contributed by atoms with Gasteiger partial charge in [0.2, 0.25) is 5.95 Å². The van der Waals surface area contributed by atoms with Gasteiger partial charge in [-0.1, -0.05) is 24.6 Å². The van der Waals surface area contributed by atoms with E-state index in [2.05, 4.69) is 20.4 Å². The standard InChI is InChI=1S/C19H24N6O2/c1-27-16-8-3-2-5-12(16)9-25-10-15-17(24-25)18(23-19(20)22-15)21-14-7-4-6-13(14)11-26/h2-3,5,8,10,13-14,26H,4,6-7,9,11H2,1H3,(H3,20,21,22,23)/t13-,14+/m0/s1. The van der Waals surface area contributed by atoms with Crippen LogP contribution in [0.1, 0.15) is 24.8 Å². The van der Waals surface area contributed by atoms with Gasteiger partial charge in [0.1, 0.15) is 11.3 Å². The Balaban J connectivity index is 1.65. The number of rotatable bonds is 6. The van der Waals surface area contributed by atoms with Crippen molar-refractivity contribution < 1.29 is 9.84 Å². The van der Waals surface area contributed by atoms with Gasteiger partial charge in [0.05, 0.1) is 19.9 Å². The van der Waals surface area contributed by atoms with Gasteiger partial charge < -0.3 is 20.9 Å². The number of fused-ring (bicyclic) bond motifs is 1. The first kappa shape index (κ1) is 17.5. The number of para-hydroxylation sites is 1. The second kappa shape index (κ2) is 7.40. The highest BCUT2D eigenvalue weighted by molar-refractivity contribution is 5.86. The lowest BCUT2D eigenvalue weighted by Gasteiger charge is -2.19. The second-order valence-electron chi connectivity index (χ2n) is 6.93. The molecule has 1 saturated carbocycles. The first-order valence-corrected chi connectivity index (χ1v) is 9.18. The molecule has 0 amide bonds. The third-order valence-electron chi connectivity index (χ3n) is 5.17. The van der Waals surface area contributed by atoms with E-state index in [1.165, 1.54) is 0 Å². The molecule has 0 bridgehead atoms. The van der Waals surface area contributed by atoms with Gasteiger partial charge in [0.25, 0.3) is 0 Å². The van der Waals surface area contributed by atoms with Gasteiger partial charge >= 0.3 is 0 Å². The van der Waals surface area contributed by atoms with E-state index < -0.39 is 0 Å². The number of nitrogens with two attached hydrogens (primary N) is 1. The number of anilines is 2. The van der Waals surface area contributed by atoms with Crippen molar-refractivity contribution >= 4 is 22.8 Å². The van der Waals surface area contributed by atoms with Crippen LogP contribution in [0.15, 0.2) is 30.5 Å². The third kappa shape index (κ3) is 3.52. The van der Waals surface area contributed by atoms with Crippen LogP contribution < -0.4 is 15.8 Å². The van der Waals surface area contributed by atoms with Crippen molar-refractivity contribution in [3.8, 4) is 5.75 Å². The predicted octanol–water partition coefficient (Wildman–Crippen LogP) is 2.04. The minimum Gasteiger partial charge on any atom is -0.496 e. The summed E-state index contributed by atoms with van der Waals surface area (Å²) in [5.74, 6) is 1.88. The van der Waals surface area contributed by atoms with Gasteiger partial charge in [0.15, 0.2) is 11.3 Å². The van der Waals surface area contributed by atoms with E-state index in [4.69, 9.17) is 10.5 Å². The van der Waals surface area contributed by atoms with Crippen molar-refractivity contribution in [1.82, 2.24) is 19.7 Å². The van der Waals surface area contributed by atoms with Crippen LogP contribution in [-0.2, 0) is 6.54 Å². The molecule has 2 aromatic heterocycles. The molecule has 4 N–H and O–H groups in total. The fourth-order valence-electron chi connectivity index (χ4n) is 3.79. The number of nitrogens with zero attached hydrogens (tertiary/aromatic N) is 4. The van der Waals surface area contributed by atoms with Gasteiger partial charge in [-0.2, -0.15) is 10.1 Å². The zero-order chi connectivity index (χ0) is 18.8. The molecule has 27 heavy (non-hydrogen) atoms. The monoisotopic (exact) mass is 368 g/mol. The Morgan fingerprint density at radius 2 is 2.15 bits per heavy atom. The molecule has 0 spiro atoms. The number of aromatic nitrogens is 4. The number of hydrogen-bond acceptors (Lipinski definition) is 7. The largest absolute Gasteiger partial charge is 0.496 e. The molecule has 2 heterocycles. The maximum absolute atomic E-state index is 9.57. The van der Waals surface area contributed by atoms with Crippen LogP contribution in [0, 0.1) is 5.92 Å². The fourth-order valence-corrected chi connectivity index (χ4v) is 3.79. The van der Waals surface area contributed by atoms with Crippen LogP contribution in [0.5, 0.6) is 5.75 Å². The number of nitrogen functional groups attached to an aromatic ring is 1. The topological polar surface area (TPSA) is 111 Å². The normalized spacial score (nSPS) is 19.5. The van der Waals surface area contributed by atoms with E-state index in [1.54, 1.807) is 7.11 Å². The van der Waals surface area contributed by atoms with Gasteiger partial charge in [-0.05, 0) is 18.9 Å². The summed E-state index contributed by atoms with van der Waals surface area (Å²) < 4.78 is 7.24. The molecular formula is C19H24N6O2. The Morgan fingerprint density at radius 1 is 1.30 bits per heavy atom. The van der Waals surface area contributed by atoms with Crippen molar-refractivity contribution in [2.45, 2.75) is 31.8 Å². The molecule has 142 valence electrons. The van der Waals surface area contributed by atoms with Crippen molar-refractivity contribution in [1.29, 1.82) is 0 Å². The van der Waals surface area contributed by atoms with E-state index in [1.807, 2.05) is 35.1 Å². The zero-order valence-corrected chi connectivity index (χ0v) is 15.3. The summed E-state index contributed by atoms with van der Waals surface area (Å²) in [6, 6.07) is 8.02. The first-order chi connectivity index (χ1) is 13.2. The molecule has 3 aromatic rings. The summed E-state index contributed by atoms with van der Waals surface area (Å²) >= 11 is 0. The van der Waals surface area contributed by atoms with Crippen molar-refractivity contribution in [2.24, 2.45) is 5.92 Å². The van der Waals surface area contributed by atoms with Gasteiger partial charge in [-0.15, -0.1) is 0 Å². The van der Waals surface area contributed by atoms with E-state index >= 15 is 0 Å². The Morgan fingerprint density at radius 3 is 2.96 bits per heavy atom. The smallest absolute Gasteiger partial charge is 0.222 e. The first-order valence-electron chi connectivity index (χ1n) is 9.18. The minimum absolute atomic E-state index is 0.170. The highest BCUT2D eigenvalue weighted by atomic mass is 16.5. The molecule has 0 radical (unpaired) electrons. The lowest BCUT2D eigenvalue weighted by atomic mass is 10.1. The summed E-state index contributed by atoms with van der Waals surface area (Å²) in [5.41, 5.74) is 8.31. The number of aliphatic hydroxyl groups excluding tert-OH is 1. The van der Waals surface area contributed by atoms with Crippen molar-refractivity contribution in [3.05, 3.63) is 36.0 Å². The van der Waals surface area contributed by atoms with Crippen LogP contribution in [0.3, 0.4) is 0 Å². The Labute approximate surface area is 157 Å². The number of ether oxygens (including phenoxy) is 1. The van der Waals surface area contributed by atoms with E-state index in [0.29, 0.717) is 23.4 Å². The molecule has 1 aliphatic carbocycles. The van der Waals surface area contributed by atoms with Crippen molar-refractivity contribution in [2.75, 3.05) is 24.8 Å². The van der Waals surface area contributed by atoms with Crippen LogP contribution in [0.25, 0.3) is 11.0 Å². The summed E-state index contributed by atoms with van der Waals surface area (Å²) in [5, 5.41) is 17.7. The molecule has 0 unspecified atom stereocenters. The summed E-state index contributed by atoms with van der Waals surface area (Å²) in [4.78, 5) is 8.68. The number of aliphatic hydroxyl groups is 1. The lowest BCUT2D eigenvalue weighted by Crippen LogP contribution is -2.27. The number of hydrogen-bond donors (Lipinski definition) is 3. The quantitative estimate of drug-likeness (QED) is 0.610. The molecule has 1 aromatic carbocycles. The van der Waals surface area contributed by atoms with Crippen molar-refractivity contribution in [3.63, 3.8) is 0 Å². The Hall–Kier alpha value is -2.87. The maximum atomic E-state index is 9.57. The van der Waals surface area contributed by atoms with E-state index in [0.717, 1.165) is 30.6 Å². The van der Waals surface area contributed by atoms with E-state index in [-0.39, 0.29) is 24.5 Å². The van der Waals surface area contributed by atoms with Crippen LogP contribution in [0.2, 0.25) is 0 Å². The summed E-state index contributed by atoms with van der Waals surface area (Å²) in [7, 11) is 1.66. The average Bonchev–Trinajstić information content (AvgIpc) is 3.28. The molecule has 1 aliphatic rings. The molecule has 2 atom stereocenters. The molecule has 0 saturated heterocycles. The predicted molar refractivity (Wildman–Crippen MR) is 104 cm³/mol. The molecule has 4 rings (SSSR count). The molecular weight excluding hydrogens is 344 g/mol. The fraction of sp³-hybridized carbons (Fsp3) is 0.421. The van der Waals surface area contributed by atoms with Crippen LogP contribution in [0.4, 0.5) is 11.8 Å². The number of nitrogens with one attached hydrogen (secondary N) is 1. The lowest BCUT2D eigenvalue weighted by molar-refractivity contribution is 0.222. The van der Waals surface area contributed by atoms with Crippen LogP contribution >= 0.6 is 0 Å². The minimum atomic E-state index is 0.170.